The van der Waals surface area contributed by atoms with Gasteiger partial charge in [0.1, 0.15) is 4.47 Å². The van der Waals surface area contributed by atoms with Crippen LogP contribution in [-0.4, -0.2) is 21.1 Å². The molecule has 19 heavy (non-hydrogen) atoms. The summed E-state index contributed by atoms with van der Waals surface area (Å²) in [5.41, 5.74) is 2.45. The average molecular weight is 336 g/mol. The van der Waals surface area contributed by atoms with Crippen LogP contribution in [0.15, 0.2) is 49.9 Å². The summed E-state index contributed by atoms with van der Waals surface area (Å²) in [6, 6.07) is 9.87. The molecule has 0 spiro atoms. The molecule has 3 rings (SSSR count). The maximum atomic E-state index is 12.2. The molecule has 0 saturated heterocycles. The van der Waals surface area contributed by atoms with E-state index in [9.17, 15) is 4.79 Å². The number of fused-ring (bicyclic) bond motifs is 1. The zero-order chi connectivity index (χ0) is 13.4. The van der Waals surface area contributed by atoms with Crippen molar-refractivity contribution in [3.63, 3.8) is 0 Å². The molecule has 0 radical (unpaired) electrons. The largest absolute Gasteiger partial charge is 0.289 e. The van der Waals surface area contributed by atoms with E-state index in [2.05, 4.69) is 26.0 Å². The molecule has 0 saturated carbocycles. The second-order valence-corrected chi connectivity index (χ2v) is 5.85. The van der Waals surface area contributed by atoms with Crippen LogP contribution in [0.5, 0.6) is 0 Å². The molecule has 0 fully saturated rings. The molecule has 1 aliphatic rings. The highest BCUT2D eigenvalue weighted by atomic mass is 79.9. The molecule has 96 valence electrons. The number of nitrogens with zero attached hydrogens (tertiary/aromatic N) is 3. The molecule has 0 N–H and O–H groups in total. The van der Waals surface area contributed by atoms with E-state index in [-0.39, 0.29) is 5.56 Å². The lowest BCUT2D eigenvalue weighted by molar-refractivity contribution is 0.668. The number of thioether (sulfide) groups is 1. The predicted molar refractivity (Wildman–Crippen MR) is 80.0 cm³/mol. The van der Waals surface area contributed by atoms with Gasteiger partial charge in [-0.25, -0.2) is 4.98 Å². The van der Waals surface area contributed by atoms with E-state index in [4.69, 9.17) is 0 Å². The molecule has 0 unspecified atom stereocenters. The fourth-order valence-corrected chi connectivity index (χ4v) is 3.00. The van der Waals surface area contributed by atoms with Crippen molar-refractivity contribution in [2.24, 2.45) is 5.10 Å². The van der Waals surface area contributed by atoms with Gasteiger partial charge in [-0.1, -0.05) is 42.1 Å². The van der Waals surface area contributed by atoms with Gasteiger partial charge in [-0.15, -0.1) is 0 Å². The Balaban J connectivity index is 2.16. The Morgan fingerprint density at radius 3 is 2.79 bits per heavy atom. The van der Waals surface area contributed by atoms with Crippen molar-refractivity contribution >= 4 is 33.4 Å². The van der Waals surface area contributed by atoms with Crippen molar-refractivity contribution in [2.75, 3.05) is 5.75 Å². The van der Waals surface area contributed by atoms with Gasteiger partial charge in [0.25, 0.3) is 5.56 Å². The van der Waals surface area contributed by atoms with Gasteiger partial charge < -0.3 is 0 Å². The fraction of sp³-hybridized carbons (Fsp3) is 0.154. The minimum absolute atomic E-state index is 0.164. The summed E-state index contributed by atoms with van der Waals surface area (Å²) in [6.07, 6.45) is 0. The smallest absolute Gasteiger partial charge is 0.266 e. The lowest BCUT2D eigenvalue weighted by atomic mass is 10.1. The second-order valence-electron chi connectivity index (χ2n) is 4.11. The molecule has 0 atom stereocenters. The highest BCUT2D eigenvalue weighted by molar-refractivity contribution is 9.10. The third-order valence-corrected chi connectivity index (χ3v) is 4.66. The van der Waals surface area contributed by atoms with Gasteiger partial charge in [-0.05, 0) is 28.4 Å². The minimum Gasteiger partial charge on any atom is -0.266 e. The summed E-state index contributed by atoms with van der Waals surface area (Å²) >= 11 is 4.79. The Kier molecular flexibility index (Phi) is 3.28. The van der Waals surface area contributed by atoms with Crippen molar-refractivity contribution in [1.82, 2.24) is 9.66 Å². The first-order valence-electron chi connectivity index (χ1n) is 5.72. The molecule has 4 nitrogen and oxygen atoms in total. The highest BCUT2D eigenvalue weighted by Crippen LogP contribution is 2.23. The van der Waals surface area contributed by atoms with Crippen LogP contribution in [0.3, 0.4) is 0 Å². The van der Waals surface area contributed by atoms with Crippen molar-refractivity contribution in [3.8, 4) is 0 Å². The molecule has 0 aliphatic carbocycles. The van der Waals surface area contributed by atoms with Gasteiger partial charge in [-0.2, -0.15) is 9.78 Å². The van der Waals surface area contributed by atoms with Gasteiger partial charge in [0.15, 0.2) is 5.16 Å². The van der Waals surface area contributed by atoms with Crippen LogP contribution >= 0.6 is 27.7 Å². The van der Waals surface area contributed by atoms with E-state index in [1.165, 1.54) is 16.4 Å². The van der Waals surface area contributed by atoms with Gasteiger partial charge in [0.2, 0.25) is 0 Å². The molecule has 0 amide bonds. The molecule has 1 aromatic carbocycles. The second kappa shape index (κ2) is 4.94. The maximum Gasteiger partial charge on any atom is 0.289 e. The Bertz CT molecular complexity index is 725. The van der Waals surface area contributed by atoms with E-state index >= 15 is 0 Å². The normalized spacial score (nSPS) is 13.9. The first-order valence-corrected chi connectivity index (χ1v) is 7.50. The molecule has 1 aromatic heterocycles. The van der Waals surface area contributed by atoms with Crippen LogP contribution in [-0.2, 0) is 0 Å². The monoisotopic (exact) mass is 335 g/mol. The van der Waals surface area contributed by atoms with Crippen LogP contribution in [0.1, 0.15) is 11.3 Å². The van der Waals surface area contributed by atoms with Gasteiger partial charge in [-0.3, -0.25) is 4.79 Å². The average Bonchev–Trinajstić information content (AvgIpc) is 2.46. The zero-order valence-electron chi connectivity index (χ0n) is 10.1. The summed E-state index contributed by atoms with van der Waals surface area (Å²) < 4.78 is 1.84. The lowest BCUT2D eigenvalue weighted by Gasteiger charge is -2.16. The van der Waals surface area contributed by atoms with E-state index in [1.807, 2.05) is 37.3 Å². The first-order chi connectivity index (χ1) is 9.16. The number of aromatic nitrogens is 2. The zero-order valence-corrected chi connectivity index (χ0v) is 12.5. The first kappa shape index (κ1) is 12.6. The summed E-state index contributed by atoms with van der Waals surface area (Å²) in [5.74, 6) is 0.720. The van der Waals surface area contributed by atoms with Crippen LogP contribution in [0.4, 0.5) is 0 Å². The number of hydrogen-bond acceptors (Lipinski definition) is 4. The van der Waals surface area contributed by atoms with E-state index in [0.717, 1.165) is 17.0 Å². The number of halogens is 1. The van der Waals surface area contributed by atoms with E-state index in [0.29, 0.717) is 15.3 Å². The fourth-order valence-electron chi connectivity index (χ4n) is 1.81. The molecule has 6 heteroatoms. The standard InChI is InChI=1S/C13H10BrN3OS/c1-8-11(14)12(18)17-13(15-8)19-7-10(16-17)9-5-3-2-4-6-9/h2-6H,7H2,1H3. The van der Waals surface area contributed by atoms with E-state index in [1.54, 1.807) is 0 Å². The van der Waals surface area contributed by atoms with Crippen molar-refractivity contribution in [1.29, 1.82) is 0 Å². The third-order valence-electron chi connectivity index (χ3n) is 2.81. The molecule has 1 aliphatic heterocycles. The molecule has 2 heterocycles. The van der Waals surface area contributed by atoms with Crippen LogP contribution in [0.2, 0.25) is 0 Å². The Morgan fingerprint density at radius 2 is 2.05 bits per heavy atom. The van der Waals surface area contributed by atoms with Crippen LogP contribution < -0.4 is 5.56 Å². The molecule has 2 aromatic rings. The third kappa shape index (κ3) is 2.26. The van der Waals surface area contributed by atoms with E-state index < -0.39 is 0 Å². The SMILES string of the molecule is Cc1nc2n(c(=O)c1Br)N=C(c1ccccc1)CS2. The van der Waals surface area contributed by atoms with Gasteiger partial charge >= 0.3 is 0 Å². The highest BCUT2D eigenvalue weighted by Gasteiger charge is 2.19. The summed E-state index contributed by atoms with van der Waals surface area (Å²) in [4.78, 5) is 16.5. The van der Waals surface area contributed by atoms with Crippen molar-refractivity contribution in [3.05, 3.63) is 56.4 Å². The summed E-state index contributed by atoms with van der Waals surface area (Å²) in [7, 11) is 0. The van der Waals surface area contributed by atoms with Crippen molar-refractivity contribution < 1.29 is 0 Å². The van der Waals surface area contributed by atoms with Crippen LogP contribution in [0.25, 0.3) is 0 Å². The topological polar surface area (TPSA) is 47.2 Å². The summed E-state index contributed by atoms with van der Waals surface area (Å²) in [6.45, 7) is 1.81. The Morgan fingerprint density at radius 1 is 1.32 bits per heavy atom. The maximum absolute atomic E-state index is 12.2. The molecular weight excluding hydrogens is 326 g/mol. The number of benzene rings is 1. The quantitative estimate of drug-likeness (QED) is 0.753. The van der Waals surface area contributed by atoms with Gasteiger partial charge in [0, 0.05) is 5.75 Å². The van der Waals surface area contributed by atoms with Crippen LogP contribution in [0, 0.1) is 6.92 Å². The summed E-state index contributed by atoms with van der Waals surface area (Å²) in [5, 5.41) is 5.07. The number of aryl methyl sites for hydroxylation is 1. The number of hydrogen-bond donors (Lipinski definition) is 0. The predicted octanol–water partition coefficient (Wildman–Crippen LogP) is 2.67. The minimum atomic E-state index is -0.164. The molecule has 0 bridgehead atoms. The lowest BCUT2D eigenvalue weighted by Crippen LogP contribution is -2.27. The van der Waals surface area contributed by atoms with Gasteiger partial charge in [0.05, 0.1) is 11.4 Å². The Labute approximate surface area is 122 Å². The van der Waals surface area contributed by atoms with Crippen molar-refractivity contribution in [2.45, 2.75) is 12.1 Å². The molecular formula is C13H10BrN3OS. The number of rotatable bonds is 1. The Hall–Kier alpha value is -1.40.